The number of amides is 1. The predicted molar refractivity (Wildman–Crippen MR) is 101 cm³/mol. The van der Waals surface area contributed by atoms with Crippen molar-refractivity contribution in [3.63, 3.8) is 0 Å². The molecule has 0 spiro atoms. The Morgan fingerprint density at radius 1 is 1.17 bits per heavy atom. The molecule has 0 aliphatic heterocycles. The van der Waals surface area contributed by atoms with E-state index in [0.717, 1.165) is 16.3 Å². The maximum atomic E-state index is 12.8. The maximum Gasteiger partial charge on any atom is 0.435 e. The molecular formula is C19H15F3N4O4. The molecule has 0 aliphatic rings. The molecule has 30 heavy (non-hydrogen) atoms. The molecule has 0 unspecified atom stereocenters. The van der Waals surface area contributed by atoms with Crippen LogP contribution in [0, 0.1) is 17.0 Å². The summed E-state index contributed by atoms with van der Waals surface area (Å²) in [5.41, 5.74) is -1.07. The van der Waals surface area contributed by atoms with Gasteiger partial charge in [0.2, 0.25) is 0 Å². The third kappa shape index (κ3) is 4.74. The van der Waals surface area contributed by atoms with E-state index in [-0.39, 0.29) is 22.8 Å². The second-order valence-corrected chi connectivity index (χ2v) is 6.38. The van der Waals surface area contributed by atoms with Gasteiger partial charge in [-0.25, -0.2) is 0 Å². The summed E-state index contributed by atoms with van der Waals surface area (Å²) in [6.07, 6.45) is -4.71. The topological polar surface area (TPSA) is 99.3 Å². The van der Waals surface area contributed by atoms with E-state index in [1.807, 2.05) is 13.0 Å². The van der Waals surface area contributed by atoms with Crippen molar-refractivity contribution in [3.8, 4) is 11.5 Å². The number of rotatable bonds is 5. The molecule has 1 amide bonds. The molecular weight excluding hydrogens is 405 g/mol. The highest BCUT2D eigenvalue weighted by molar-refractivity contribution is 6.03. The lowest BCUT2D eigenvalue weighted by Crippen LogP contribution is -2.16. The van der Waals surface area contributed by atoms with Crippen LogP contribution in [0.3, 0.4) is 0 Å². The van der Waals surface area contributed by atoms with Gasteiger partial charge >= 0.3 is 6.18 Å². The van der Waals surface area contributed by atoms with Crippen LogP contribution < -0.4 is 10.1 Å². The van der Waals surface area contributed by atoms with E-state index in [4.69, 9.17) is 4.74 Å². The summed E-state index contributed by atoms with van der Waals surface area (Å²) < 4.78 is 44.8. The van der Waals surface area contributed by atoms with Gasteiger partial charge in [-0.2, -0.15) is 18.3 Å². The standard InChI is InChI=1S/C19H15F3N4O4/c1-11-4-3-5-14(6-11)30-15-8-12(7-13(9-15)26(28)29)23-18(27)16-10-17(19(20,21)22)24-25(16)2/h3-10H,1-2H3,(H,23,27). The number of hydrogen-bond donors (Lipinski definition) is 1. The number of carbonyl (C=O) groups is 1. The highest BCUT2D eigenvalue weighted by atomic mass is 19.4. The fourth-order valence-corrected chi connectivity index (χ4v) is 2.65. The molecule has 0 aliphatic carbocycles. The zero-order valence-electron chi connectivity index (χ0n) is 15.7. The normalized spacial score (nSPS) is 11.2. The van der Waals surface area contributed by atoms with E-state index in [1.165, 1.54) is 19.2 Å². The van der Waals surface area contributed by atoms with Crippen LogP contribution in [0.2, 0.25) is 0 Å². The average molecular weight is 420 g/mol. The van der Waals surface area contributed by atoms with Crippen LogP contribution in [-0.4, -0.2) is 20.6 Å². The van der Waals surface area contributed by atoms with Gasteiger partial charge in [-0.15, -0.1) is 0 Å². The Morgan fingerprint density at radius 2 is 1.90 bits per heavy atom. The van der Waals surface area contributed by atoms with E-state index in [1.54, 1.807) is 18.2 Å². The van der Waals surface area contributed by atoms with Crippen LogP contribution in [0.1, 0.15) is 21.7 Å². The van der Waals surface area contributed by atoms with Crippen LogP contribution >= 0.6 is 0 Å². The van der Waals surface area contributed by atoms with Crippen LogP contribution in [0.4, 0.5) is 24.5 Å². The number of anilines is 1. The monoisotopic (exact) mass is 420 g/mol. The minimum absolute atomic E-state index is 0.0217. The van der Waals surface area contributed by atoms with Crippen molar-refractivity contribution < 1.29 is 27.6 Å². The number of hydrogen-bond acceptors (Lipinski definition) is 5. The van der Waals surface area contributed by atoms with E-state index in [9.17, 15) is 28.1 Å². The van der Waals surface area contributed by atoms with Crippen LogP contribution in [-0.2, 0) is 13.2 Å². The Balaban J connectivity index is 1.90. The van der Waals surface area contributed by atoms with Crippen molar-refractivity contribution in [1.82, 2.24) is 9.78 Å². The van der Waals surface area contributed by atoms with Gasteiger partial charge in [0.1, 0.15) is 17.2 Å². The molecule has 11 heteroatoms. The zero-order valence-corrected chi connectivity index (χ0v) is 15.7. The highest BCUT2D eigenvalue weighted by Crippen LogP contribution is 2.31. The number of carbonyl (C=O) groups excluding carboxylic acids is 1. The quantitative estimate of drug-likeness (QED) is 0.476. The number of benzene rings is 2. The molecule has 8 nitrogen and oxygen atoms in total. The molecule has 2 aromatic carbocycles. The van der Waals surface area contributed by atoms with Crippen molar-refractivity contribution in [2.24, 2.45) is 7.05 Å². The smallest absolute Gasteiger partial charge is 0.435 e. The van der Waals surface area contributed by atoms with Gasteiger partial charge in [0.25, 0.3) is 11.6 Å². The maximum absolute atomic E-state index is 12.8. The van der Waals surface area contributed by atoms with Gasteiger partial charge in [-0.1, -0.05) is 12.1 Å². The first-order chi connectivity index (χ1) is 14.0. The van der Waals surface area contributed by atoms with Crippen molar-refractivity contribution >= 4 is 17.3 Å². The summed E-state index contributed by atoms with van der Waals surface area (Å²) in [4.78, 5) is 23.0. The molecule has 0 fully saturated rings. The molecule has 0 bridgehead atoms. The number of nitrogens with one attached hydrogen (secondary N) is 1. The molecule has 3 rings (SSSR count). The number of alkyl halides is 3. The largest absolute Gasteiger partial charge is 0.457 e. The Bertz CT molecular complexity index is 1130. The number of nitrogens with zero attached hydrogens (tertiary/aromatic N) is 3. The second kappa shape index (κ2) is 7.85. The zero-order chi connectivity index (χ0) is 22.1. The molecule has 156 valence electrons. The minimum Gasteiger partial charge on any atom is -0.457 e. The Morgan fingerprint density at radius 3 is 2.50 bits per heavy atom. The number of ether oxygens (including phenoxy) is 1. The number of nitro groups is 1. The Kier molecular flexibility index (Phi) is 5.45. The van der Waals surface area contributed by atoms with Crippen molar-refractivity contribution in [2.45, 2.75) is 13.1 Å². The summed E-state index contributed by atoms with van der Waals surface area (Å²) in [6.45, 7) is 1.84. The highest BCUT2D eigenvalue weighted by Gasteiger charge is 2.35. The Hall–Kier alpha value is -3.89. The first-order valence-corrected chi connectivity index (χ1v) is 8.49. The molecule has 0 saturated carbocycles. The molecule has 0 radical (unpaired) electrons. The third-order valence-corrected chi connectivity index (χ3v) is 3.99. The number of aromatic nitrogens is 2. The first-order valence-electron chi connectivity index (χ1n) is 8.49. The SMILES string of the molecule is Cc1cccc(Oc2cc(NC(=O)c3cc(C(F)(F)F)nn3C)cc([N+](=O)[O-])c2)c1. The summed E-state index contributed by atoms with van der Waals surface area (Å²) in [6, 6.07) is 11.1. The number of non-ortho nitro benzene ring substituents is 1. The molecule has 3 aromatic rings. The van der Waals surface area contributed by atoms with Crippen LogP contribution in [0.25, 0.3) is 0 Å². The summed E-state index contributed by atoms with van der Waals surface area (Å²) in [5.74, 6) is -0.414. The molecule has 1 N–H and O–H groups in total. The predicted octanol–water partition coefficient (Wildman–Crippen LogP) is 4.70. The van der Waals surface area contributed by atoms with Gasteiger partial charge < -0.3 is 10.1 Å². The summed E-state index contributed by atoms with van der Waals surface area (Å²) >= 11 is 0. The van der Waals surface area contributed by atoms with E-state index >= 15 is 0 Å². The number of aryl methyl sites for hydroxylation is 2. The van der Waals surface area contributed by atoms with Gasteiger partial charge in [-0.3, -0.25) is 19.6 Å². The fourth-order valence-electron chi connectivity index (χ4n) is 2.65. The fraction of sp³-hybridized carbons (Fsp3) is 0.158. The molecule has 0 saturated heterocycles. The lowest BCUT2D eigenvalue weighted by atomic mass is 10.2. The molecule has 1 aromatic heterocycles. The second-order valence-electron chi connectivity index (χ2n) is 6.38. The summed E-state index contributed by atoms with van der Waals surface area (Å²) in [5, 5.41) is 16.8. The third-order valence-electron chi connectivity index (χ3n) is 3.99. The van der Waals surface area contributed by atoms with Crippen LogP contribution in [0.15, 0.2) is 48.5 Å². The number of halogens is 3. The van der Waals surface area contributed by atoms with E-state index in [0.29, 0.717) is 11.8 Å². The molecule has 1 heterocycles. The van der Waals surface area contributed by atoms with E-state index in [2.05, 4.69) is 10.4 Å². The molecule has 0 atom stereocenters. The summed E-state index contributed by atoms with van der Waals surface area (Å²) in [7, 11) is 1.18. The van der Waals surface area contributed by atoms with Crippen molar-refractivity contribution in [1.29, 1.82) is 0 Å². The van der Waals surface area contributed by atoms with E-state index < -0.39 is 22.7 Å². The first kappa shape index (κ1) is 20.8. The minimum atomic E-state index is -4.71. The Labute approximate surface area is 168 Å². The lowest BCUT2D eigenvalue weighted by molar-refractivity contribution is -0.384. The van der Waals surface area contributed by atoms with Gasteiger partial charge in [-0.05, 0) is 24.6 Å². The van der Waals surface area contributed by atoms with Crippen molar-refractivity contribution in [2.75, 3.05) is 5.32 Å². The lowest BCUT2D eigenvalue weighted by Gasteiger charge is -2.10. The average Bonchev–Trinajstić information content (AvgIpc) is 3.04. The number of nitro benzene ring substituents is 1. The van der Waals surface area contributed by atoms with Crippen LogP contribution in [0.5, 0.6) is 11.5 Å². The van der Waals surface area contributed by atoms with Gasteiger partial charge in [0.05, 0.1) is 16.7 Å². The van der Waals surface area contributed by atoms with Gasteiger partial charge in [0.15, 0.2) is 5.69 Å². The van der Waals surface area contributed by atoms with Gasteiger partial charge in [0, 0.05) is 25.2 Å². The van der Waals surface area contributed by atoms with Crippen molar-refractivity contribution in [3.05, 3.63) is 75.6 Å².